The van der Waals surface area contributed by atoms with E-state index in [4.69, 9.17) is 4.74 Å². The molecule has 0 bridgehead atoms. The molecule has 0 radical (unpaired) electrons. The summed E-state index contributed by atoms with van der Waals surface area (Å²) >= 11 is 3.47. The molecule has 2 aromatic rings. The van der Waals surface area contributed by atoms with Crippen LogP contribution in [-0.4, -0.2) is 12.0 Å². The molecule has 0 fully saturated rings. The summed E-state index contributed by atoms with van der Waals surface area (Å²) in [5, 5.41) is 6.26. The zero-order valence-electron chi connectivity index (χ0n) is 13.9. The topological polar surface area (TPSA) is 50.4 Å². The third-order valence-electron chi connectivity index (χ3n) is 4.13. The van der Waals surface area contributed by atoms with Crippen molar-refractivity contribution >= 4 is 21.8 Å². The maximum atomic E-state index is 12.3. The van der Waals surface area contributed by atoms with Gasteiger partial charge in [-0.05, 0) is 64.2 Å². The van der Waals surface area contributed by atoms with E-state index >= 15 is 0 Å². The van der Waals surface area contributed by atoms with Crippen molar-refractivity contribution in [1.29, 1.82) is 0 Å². The second-order valence-corrected chi connectivity index (χ2v) is 6.97. The number of hydrogen-bond donors (Lipinski definition) is 2. The van der Waals surface area contributed by atoms with Gasteiger partial charge in [0, 0.05) is 19.6 Å². The minimum atomic E-state index is -0.555. The standard InChI is InChI=1S/C19H21BrN2O2/c1-12-3-6-18(17(20)7-12)24-13(2)19(23)22-9-14-4-5-15-10-21-11-16(15)8-14/h3-8,13,21H,9-11H2,1-2H3,(H,22,23). The molecule has 0 aliphatic carbocycles. The number of aryl methyl sites for hydroxylation is 1. The first-order valence-corrected chi connectivity index (χ1v) is 8.84. The fourth-order valence-electron chi connectivity index (χ4n) is 2.74. The van der Waals surface area contributed by atoms with Crippen molar-refractivity contribution in [3.63, 3.8) is 0 Å². The van der Waals surface area contributed by atoms with Crippen molar-refractivity contribution in [1.82, 2.24) is 10.6 Å². The maximum Gasteiger partial charge on any atom is 0.261 e. The van der Waals surface area contributed by atoms with Crippen LogP contribution < -0.4 is 15.4 Å². The number of fused-ring (bicyclic) bond motifs is 1. The summed E-state index contributed by atoms with van der Waals surface area (Å²) in [6.07, 6.45) is -0.555. The molecule has 0 spiro atoms. The fourth-order valence-corrected chi connectivity index (χ4v) is 3.32. The van der Waals surface area contributed by atoms with Crippen molar-refractivity contribution in [2.45, 2.75) is 39.6 Å². The van der Waals surface area contributed by atoms with Gasteiger partial charge >= 0.3 is 0 Å². The van der Waals surface area contributed by atoms with Gasteiger partial charge in [-0.1, -0.05) is 24.3 Å². The summed E-state index contributed by atoms with van der Waals surface area (Å²) in [6.45, 7) is 6.11. The number of halogens is 1. The highest BCUT2D eigenvalue weighted by molar-refractivity contribution is 9.10. The molecule has 0 aromatic heterocycles. The van der Waals surface area contributed by atoms with Crippen LogP contribution >= 0.6 is 15.9 Å². The molecule has 0 saturated heterocycles. The molecule has 5 heteroatoms. The highest BCUT2D eigenvalue weighted by atomic mass is 79.9. The Kier molecular flexibility index (Phi) is 5.21. The van der Waals surface area contributed by atoms with Gasteiger partial charge in [0.1, 0.15) is 5.75 Å². The predicted octanol–water partition coefficient (Wildman–Crippen LogP) is 3.44. The first-order chi connectivity index (χ1) is 11.5. The van der Waals surface area contributed by atoms with Gasteiger partial charge < -0.3 is 15.4 Å². The van der Waals surface area contributed by atoms with E-state index < -0.39 is 6.10 Å². The Morgan fingerprint density at radius 1 is 1.25 bits per heavy atom. The van der Waals surface area contributed by atoms with Crippen LogP contribution in [0.2, 0.25) is 0 Å². The smallest absolute Gasteiger partial charge is 0.261 e. The Hall–Kier alpha value is -1.85. The van der Waals surface area contributed by atoms with Crippen LogP contribution in [0.4, 0.5) is 0 Å². The van der Waals surface area contributed by atoms with Gasteiger partial charge in [0.15, 0.2) is 6.10 Å². The van der Waals surface area contributed by atoms with Crippen LogP contribution in [-0.2, 0) is 24.4 Å². The van der Waals surface area contributed by atoms with E-state index in [9.17, 15) is 4.79 Å². The number of rotatable bonds is 5. The van der Waals surface area contributed by atoms with Gasteiger partial charge in [0.25, 0.3) is 5.91 Å². The number of nitrogens with one attached hydrogen (secondary N) is 2. The van der Waals surface area contributed by atoms with Crippen LogP contribution in [0.25, 0.3) is 0 Å². The minimum Gasteiger partial charge on any atom is -0.480 e. The third-order valence-corrected chi connectivity index (χ3v) is 4.75. The second kappa shape index (κ2) is 7.36. The molecule has 0 saturated carbocycles. The first-order valence-electron chi connectivity index (χ1n) is 8.05. The predicted molar refractivity (Wildman–Crippen MR) is 97.8 cm³/mol. The first kappa shape index (κ1) is 17.0. The summed E-state index contributed by atoms with van der Waals surface area (Å²) in [4.78, 5) is 12.3. The lowest BCUT2D eigenvalue weighted by atomic mass is 10.1. The molecule has 24 heavy (non-hydrogen) atoms. The molecule has 1 heterocycles. The summed E-state index contributed by atoms with van der Waals surface area (Å²) in [5.41, 5.74) is 4.90. The zero-order chi connectivity index (χ0) is 17.1. The number of benzene rings is 2. The van der Waals surface area contributed by atoms with Gasteiger partial charge in [0.05, 0.1) is 4.47 Å². The number of amides is 1. The van der Waals surface area contributed by atoms with Crippen molar-refractivity contribution in [3.05, 3.63) is 63.1 Å². The number of hydrogen-bond acceptors (Lipinski definition) is 3. The minimum absolute atomic E-state index is 0.124. The largest absolute Gasteiger partial charge is 0.480 e. The van der Waals surface area contributed by atoms with E-state index in [1.54, 1.807) is 6.92 Å². The van der Waals surface area contributed by atoms with Gasteiger partial charge in [-0.3, -0.25) is 4.79 Å². The maximum absolute atomic E-state index is 12.3. The van der Waals surface area contributed by atoms with E-state index in [0.29, 0.717) is 12.3 Å². The molecule has 3 rings (SSSR count). The average molecular weight is 389 g/mol. The Labute approximate surface area is 150 Å². The van der Waals surface area contributed by atoms with Gasteiger partial charge in [-0.15, -0.1) is 0 Å². The quantitative estimate of drug-likeness (QED) is 0.824. The molecule has 1 unspecified atom stereocenters. The van der Waals surface area contributed by atoms with Crippen LogP contribution in [0.5, 0.6) is 5.75 Å². The molecule has 1 atom stereocenters. The van der Waals surface area contributed by atoms with Crippen LogP contribution in [0, 0.1) is 6.92 Å². The summed E-state index contributed by atoms with van der Waals surface area (Å²) in [7, 11) is 0. The van der Waals surface area contributed by atoms with Crippen LogP contribution in [0.15, 0.2) is 40.9 Å². The molecule has 1 aliphatic heterocycles. The zero-order valence-corrected chi connectivity index (χ0v) is 15.4. The Bertz CT molecular complexity index is 761. The van der Waals surface area contributed by atoms with Gasteiger partial charge in [-0.25, -0.2) is 0 Å². The summed E-state index contributed by atoms with van der Waals surface area (Å²) in [6, 6.07) is 12.1. The van der Waals surface area contributed by atoms with E-state index in [1.165, 1.54) is 11.1 Å². The summed E-state index contributed by atoms with van der Waals surface area (Å²) in [5.74, 6) is 0.549. The second-order valence-electron chi connectivity index (χ2n) is 6.12. The van der Waals surface area contributed by atoms with Crippen molar-refractivity contribution in [2.75, 3.05) is 0 Å². The van der Waals surface area contributed by atoms with E-state index in [2.05, 4.69) is 44.8 Å². The molecule has 2 N–H and O–H groups in total. The molecule has 2 aromatic carbocycles. The van der Waals surface area contributed by atoms with Gasteiger partial charge in [-0.2, -0.15) is 0 Å². The lowest BCUT2D eigenvalue weighted by Crippen LogP contribution is -2.36. The lowest BCUT2D eigenvalue weighted by molar-refractivity contribution is -0.127. The fraction of sp³-hybridized carbons (Fsp3) is 0.316. The van der Waals surface area contributed by atoms with Crippen molar-refractivity contribution in [2.24, 2.45) is 0 Å². The molecule has 1 amide bonds. The Morgan fingerprint density at radius 2 is 2.04 bits per heavy atom. The molecular weight excluding hydrogens is 368 g/mol. The summed E-state index contributed by atoms with van der Waals surface area (Å²) < 4.78 is 6.61. The number of carbonyl (C=O) groups excluding carboxylic acids is 1. The van der Waals surface area contributed by atoms with E-state index in [0.717, 1.165) is 28.7 Å². The van der Waals surface area contributed by atoms with Crippen LogP contribution in [0.1, 0.15) is 29.2 Å². The molecule has 126 valence electrons. The highest BCUT2D eigenvalue weighted by Crippen LogP contribution is 2.26. The van der Waals surface area contributed by atoms with E-state index in [1.807, 2.05) is 25.1 Å². The normalized spacial score (nSPS) is 14.1. The van der Waals surface area contributed by atoms with Crippen molar-refractivity contribution < 1.29 is 9.53 Å². The molecule has 1 aliphatic rings. The highest BCUT2D eigenvalue weighted by Gasteiger charge is 2.16. The van der Waals surface area contributed by atoms with Crippen molar-refractivity contribution in [3.8, 4) is 5.75 Å². The monoisotopic (exact) mass is 388 g/mol. The molecular formula is C19H21BrN2O2. The Balaban J connectivity index is 1.56. The lowest BCUT2D eigenvalue weighted by Gasteiger charge is -2.16. The average Bonchev–Trinajstić information content (AvgIpc) is 3.02. The Morgan fingerprint density at radius 3 is 2.83 bits per heavy atom. The van der Waals surface area contributed by atoms with Gasteiger partial charge in [0.2, 0.25) is 0 Å². The third kappa shape index (κ3) is 3.97. The van der Waals surface area contributed by atoms with Crippen LogP contribution in [0.3, 0.4) is 0 Å². The van der Waals surface area contributed by atoms with E-state index in [-0.39, 0.29) is 5.91 Å². The number of ether oxygens (including phenoxy) is 1. The SMILES string of the molecule is Cc1ccc(OC(C)C(=O)NCc2ccc3c(c2)CNC3)c(Br)c1. The molecule has 4 nitrogen and oxygen atoms in total. The number of carbonyl (C=O) groups is 1.